The molecule has 0 spiro atoms. The summed E-state index contributed by atoms with van der Waals surface area (Å²) in [5.41, 5.74) is 0.173. The molecule has 1 amide bonds. The van der Waals surface area contributed by atoms with Crippen molar-refractivity contribution < 1.29 is 24.4 Å². The third kappa shape index (κ3) is 3.78. The maximum absolute atomic E-state index is 12.1. The first-order valence-electron chi connectivity index (χ1n) is 6.43. The van der Waals surface area contributed by atoms with E-state index in [1.807, 2.05) is 0 Å². The minimum Gasteiger partial charge on any atom is -0.480 e. The van der Waals surface area contributed by atoms with Crippen molar-refractivity contribution in [3.63, 3.8) is 0 Å². The number of hydrogen-bond donors (Lipinski definition) is 2. The molecule has 0 saturated carbocycles. The minimum atomic E-state index is -1.02. The molecule has 1 fully saturated rings. The Morgan fingerprint density at radius 2 is 2.10 bits per heavy atom. The molecule has 114 valence electrons. The zero-order valence-electron chi connectivity index (χ0n) is 11.2. The summed E-state index contributed by atoms with van der Waals surface area (Å²) in [4.78, 5) is 36.6. The van der Waals surface area contributed by atoms with Crippen molar-refractivity contribution in [2.75, 3.05) is 19.7 Å². The Hall–Kier alpha value is -2.42. The quantitative estimate of drug-likeness (QED) is 0.606. The van der Waals surface area contributed by atoms with Crippen LogP contribution >= 0.6 is 0 Å². The van der Waals surface area contributed by atoms with Crippen molar-refractivity contribution in [2.24, 2.45) is 0 Å². The number of carboxylic acid groups (broad SMARTS) is 1. The zero-order chi connectivity index (χ0) is 15.4. The Labute approximate surface area is 119 Å². The molecule has 0 atom stereocenters. The molecule has 1 saturated heterocycles. The Bertz CT molecular complexity index is 547. The highest BCUT2D eigenvalue weighted by atomic mass is 16.6. The summed E-state index contributed by atoms with van der Waals surface area (Å²) < 4.78 is 5.18. The lowest BCUT2D eigenvalue weighted by Crippen LogP contribution is -2.41. The number of nitrogens with zero attached hydrogens (tertiary/aromatic N) is 2. The van der Waals surface area contributed by atoms with Crippen LogP contribution < -0.4 is 0 Å². The van der Waals surface area contributed by atoms with Gasteiger partial charge in [0.15, 0.2) is 5.69 Å². The molecule has 9 heteroatoms. The van der Waals surface area contributed by atoms with Crippen LogP contribution in [0.15, 0.2) is 12.1 Å². The maximum Gasteiger partial charge on any atom is 0.329 e. The van der Waals surface area contributed by atoms with Crippen molar-refractivity contribution >= 4 is 17.7 Å². The number of aromatic amines is 1. The second-order valence-electron chi connectivity index (χ2n) is 4.71. The van der Waals surface area contributed by atoms with Gasteiger partial charge in [0.25, 0.3) is 5.91 Å². The third-order valence-corrected chi connectivity index (χ3v) is 3.27. The van der Waals surface area contributed by atoms with E-state index in [1.165, 1.54) is 12.1 Å². The largest absolute Gasteiger partial charge is 0.480 e. The number of aromatic nitrogens is 1. The average molecular weight is 297 g/mol. The van der Waals surface area contributed by atoms with E-state index in [4.69, 9.17) is 9.84 Å². The van der Waals surface area contributed by atoms with Gasteiger partial charge < -0.3 is 24.9 Å². The lowest BCUT2D eigenvalue weighted by Gasteiger charge is -2.30. The van der Waals surface area contributed by atoms with E-state index < -0.39 is 10.9 Å². The summed E-state index contributed by atoms with van der Waals surface area (Å²) in [6.45, 7) is 0.507. The number of likely N-dealkylation sites (tertiary alicyclic amines) is 1. The molecule has 2 N–H and O–H groups in total. The number of rotatable bonds is 5. The number of nitrogens with one attached hydrogen (secondary N) is 1. The molecule has 1 aliphatic rings. The molecule has 0 unspecified atom stereocenters. The zero-order valence-corrected chi connectivity index (χ0v) is 11.2. The summed E-state index contributed by atoms with van der Waals surface area (Å²) in [7, 11) is 0. The van der Waals surface area contributed by atoms with Crippen LogP contribution in [0.25, 0.3) is 0 Å². The number of amides is 1. The number of H-pyrrole nitrogens is 1. The van der Waals surface area contributed by atoms with Gasteiger partial charge in [-0.15, -0.1) is 0 Å². The van der Waals surface area contributed by atoms with Gasteiger partial charge in [-0.25, -0.2) is 9.78 Å². The molecule has 9 nitrogen and oxygen atoms in total. The smallest absolute Gasteiger partial charge is 0.329 e. The van der Waals surface area contributed by atoms with Gasteiger partial charge in [-0.05, 0) is 23.8 Å². The van der Waals surface area contributed by atoms with Crippen LogP contribution in [0.4, 0.5) is 5.82 Å². The molecule has 0 radical (unpaired) electrons. The Morgan fingerprint density at radius 3 is 2.62 bits per heavy atom. The number of carboxylic acids is 1. The first kappa shape index (κ1) is 15.0. The normalized spacial score (nSPS) is 15.9. The van der Waals surface area contributed by atoms with Crippen molar-refractivity contribution in [1.82, 2.24) is 9.88 Å². The van der Waals surface area contributed by atoms with Crippen molar-refractivity contribution in [3.05, 3.63) is 27.9 Å². The van der Waals surface area contributed by atoms with E-state index >= 15 is 0 Å². The number of aliphatic carboxylic acids is 1. The van der Waals surface area contributed by atoms with E-state index in [2.05, 4.69) is 4.98 Å². The molecular formula is C12H15N3O6. The maximum atomic E-state index is 12.1. The first-order valence-corrected chi connectivity index (χ1v) is 6.43. The molecule has 0 aliphatic carbocycles. The highest BCUT2D eigenvalue weighted by molar-refractivity contribution is 5.93. The van der Waals surface area contributed by atoms with Crippen molar-refractivity contribution in [2.45, 2.75) is 18.9 Å². The van der Waals surface area contributed by atoms with E-state index in [-0.39, 0.29) is 30.1 Å². The van der Waals surface area contributed by atoms with Gasteiger partial charge in [0.05, 0.1) is 6.10 Å². The van der Waals surface area contributed by atoms with Crippen LogP contribution in [0.3, 0.4) is 0 Å². The van der Waals surface area contributed by atoms with Crippen LogP contribution in [0.1, 0.15) is 23.3 Å². The predicted octanol–water partition coefficient (Wildman–Crippen LogP) is 0.629. The van der Waals surface area contributed by atoms with Gasteiger partial charge in [0.1, 0.15) is 6.61 Å². The van der Waals surface area contributed by atoms with Gasteiger partial charge in [-0.2, -0.15) is 0 Å². The fourth-order valence-corrected chi connectivity index (χ4v) is 2.20. The first-order chi connectivity index (χ1) is 9.97. The Kier molecular flexibility index (Phi) is 4.53. The summed E-state index contributed by atoms with van der Waals surface area (Å²) in [6, 6.07) is 2.63. The molecule has 0 aromatic carbocycles. The third-order valence-electron chi connectivity index (χ3n) is 3.27. The summed E-state index contributed by atoms with van der Waals surface area (Å²) >= 11 is 0. The van der Waals surface area contributed by atoms with Gasteiger partial charge in [0.2, 0.25) is 0 Å². The van der Waals surface area contributed by atoms with Crippen LogP contribution in [-0.4, -0.2) is 57.6 Å². The molecular weight excluding hydrogens is 282 g/mol. The molecule has 2 heterocycles. The molecule has 0 bridgehead atoms. The molecule has 1 aromatic heterocycles. The monoisotopic (exact) mass is 297 g/mol. The molecule has 21 heavy (non-hydrogen) atoms. The van der Waals surface area contributed by atoms with Crippen LogP contribution in [-0.2, 0) is 9.53 Å². The second kappa shape index (κ2) is 6.35. The van der Waals surface area contributed by atoms with Gasteiger partial charge in [0, 0.05) is 19.2 Å². The van der Waals surface area contributed by atoms with E-state index in [0.717, 1.165) is 0 Å². The number of nitro groups is 1. The number of carbonyl (C=O) groups is 2. The van der Waals surface area contributed by atoms with Crippen molar-refractivity contribution in [3.8, 4) is 0 Å². The van der Waals surface area contributed by atoms with Crippen LogP contribution in [0, 0.1) is 10.1 Å². The minimum absolute atomic E-state index is 0.173. The standard InChI is InChI=1S/C12H15N3O6/c16-11(17)7-21-8-3-5-14(6-4-8)12(18)9-1-2-10(13-9)15(19)20/h1-2,8,13H,3-7H2,(H,16,17). The molecule has 2 rings (SSSR count). The topological polar surface area (TPSA) is 126 Å². The SMILES string of the molecule is O=C(O)COC1CCN(C(=O)c2ccc([N+](=O)[O-])[nH]2)CC1. The molecule has 1 aliphatic heterocycles. The number of ether oxygens (including phenoxy) is 1. The Balaban J connectivity index is 1.87. The second-order valence-corrected chi connectivity index (χ2v) is 4.71. The van der Waals surface area contributed by atoms with Crippen LogP contribution in [0.2, 0.25) is 0 Å². The van der Waals surface area contributed by atoms with E-state index in [9.17, 15) is 19.7 Å². The number of hydrogen-bond acceptors (Lipinski definition) is 5. The predicted molar refractivity (Wildman–Crippen MR) is 70.0 cm³/mol. The van der Waals surface area contributed by atoms with Crippen molar-refractivity contribution in [1.29, 1.82) is 0 Å². The summed E-state index contributed by atoms with van der Waals surface area (Å²) in [5.74, 6) is -1.55. The van der Waals surface area contributed by atoms with Gasteiger partial charge in [-0.1, -0.05) is 0 Å². The number of piperidine rings is 1. The fourth-order valence-electron chi connectivity index (χ4n) is 2.20. The van der Waals surface area contributed by atoms with E-state index in [0.29, 0.717) is 25.9 Å². The fraction of sp³-hybridized carbons (Fsp3) is 0.500. The lowest BCUT2D eigenvalue weighted by atomic mass is 10.1. The molecule has 1 aromatic rings. The highest BCUT2D eigenvalue weighted by Crippen LogP contribution is 2.17. The number of carbonyl (C=O) groups excluding carboxylic acids is 1. The van der Waals surface area contributed by atoms with Crippen LogP contribution in [0.5, 0.6) is 0 Å². The average Bonchev–Trinajstić information content (AvgIpc) is 2.95. The highest BCUT2D eigenvalue weighted by Gasteiger charge is 2.27. The Morgan fingerprint density at radius 1 is 1.43 bits per heavy atom. The van der Waals surface area contributed by atoms with Gasteiger partial charge >= 0.3 is 11.8 Å². The van der Waals surface area contributed by atoms with E-state index in [1.54, 1.807) is 4.90 Å². The summed E-state index contributed by atoms with van der Waals surface area (Å²) in [6.07, 6.45) is 0.909. The summed E-state index contributed by atoms with van der Waals surface area (Å²) in [5, 5.41) is 19.1. The lowest BCUT2D eigenvalue weighted by molar-refractivity contribution is -0.389. The van der Waals surface area contributed by atoms with Gasteiger partial charge in [-0.3, -0.25) is 4.79 Å².